The third-order valence-electron chi connectivity index (χ3n) is 4.94. The number of rotatable bonds is 10. The van der Waals surface area contributed by atoms with Gasteiger partial charge in [0.2, 0.25) is 5.72 Å². The van der Waals surface area contributed by atoms with E-state index in [1.807, 2.05) is 0 Å². The molecule has 1 amide bonds. The summed E-state index contributed by atoms with van der Waals surface area (Å²) in [4.78, 5) is 27.9. The van der Waals surface area contributed by atoms with Gasteiger partial charge in [-0.2, -0.15) is 30.7 Å². The molecule has 36 heavy (non-hydrogen) atoms. The molecule has 1 fully saturated rings. The highest BCUT2D eigenvalue weighted by Gasteiger charge is 2.59. The van der Waals surface area contributed by atoms with Gasteiger partial charge in [0.25, 0.3) is 15.8 Å². The van der Waals surface area contributed by atoms with Gasteiger partial charge in [0.1, 0.15) is 18.8 Å². The lowest BCUT2D eigenvalue weighted by molar-refractivity contribution is -0.384. The van der Waals surface area contributed by atoms with Crippen LogP contribution in [0.15, 0.2) is 29.4 Å². The molecule has 2 N–H and O–H groups in total. The molecule has 1 aromatic rings. The molecule has 0 aliphatic carbocycles. The van der Waals surface area contributed by atoms with Crippen LogP contribution in [0.4, 0.5) is 10.5 Å². The maximum absolute atomic E-state index is 12.9. The van der Waals surface area contributed by atoms with Crippen LogP contribution in [0, 0.1) is 10.1 Å². The summed E-state index contributed by atoms with van der Waals surface area (Å²) in [7, 11) is -4.85. The number of ether oxygens (including phenoxy) is 1. The van der Waals surface area contributed by atoms with Crippen LogP contribution in [-0.4, -0.2) is 110 Å². The maximum atomic E-state index is 12.9. The van der Waals surface area contributed by atoms with Crippen LogP contribution in [0.5, 0.6) is 0 Å². The van der Waals surface area contributed by atoms with Crippen molar-refractivity contribution < 1.29 is 50.7 Å². The predicted molar refractivity (Wildman–Crippen MR) is 121 cm³/mol. The lowest BCUT2D eigenvalue weighted by Gasteiger charge is -2.33. The van der Waals surface area contributed by atoms with E-state index < -0.39 is 62.4 Å². The summed E-state index contributed by atoms with van der Waals surface area (Å²) in [5, 5.41) is 34.8. The number of hydrogen-bond donors (Lipinski definition) is 2. The molecule has 0 spiro atoms. The van der Waals surface area contributed by atoms with E-state index in [0.29, 0.717) is 27.3 Å². The third kappa shape index (κ3) is 6.43. The normalized spacial score (nSPS) is 22.8. The van der Waals surface area contributed by atoms with Gasteiger partial charge >= 0.3 is 16.3 Å². The molecule has 1 heterocycles. The molecule has 3 atom stereocenters. The highest BCUT2D eigenvalue weighted by Crippen LogP contribution is 2.33. The Kier molecular flexibility index (Phi) is 8.94. The molecule has 19 heteroatoms. The van der Waals surface area contributed by atoms with Crippen molar-refractivity contribution in [2.75, 3.05) is 33.9 Å². The summed E-state index contributed by atoms with van der Waals surface area (Å²) < 4.78 is 58.8. The van der Waals surface area contributed by atoms with E-state index in [1.54, 1.807) is 0 Å². The van der Waals surface area contributed by atoms with Crippen LogP contribution in [0.1, 0.15) is 5.56 Å². The molecular weight excluding hydrogens is 530 g/mol. The SMILES string of the molecule is CN(C)S(=O)(=O)N(C)N=C[C@]1(OO)C(O)[C@H](OS(C)(=O)=O)CN1C(=O)OCc1ccc([N+](=O)[O-])cc1. The number of amides is 1. The minimum absolute atomic E-state index is 0.200. The highest BCUT2D eigenvalue weighted by atomic mass is 32.2. The van der Waals surface area contributed by atoms with Crippen molar-refractivity contribution >= 4 is 38.3 Å². The molecular formula is C17H25N5O12S2. The number of aliphatic hydroxyl groups excluding tert-OH is 1. The Hall–Kier alpha value is -2.94. The largest absolute Gasteiger partial charge is 0.444 e. The number of nitro groups is 1. The number of aliphatic hydroxyl groups is 1. The van der Waals surface area contributed by atoms with Crippen LogP contribution in [0.3, 0.4) is 0 Å². The van der Waals surface area contributed by atoms with Crippen LogP contribution in [-0.2, 0) is 40.7 Å². The van der Waals surface area contributed by atoms with Crippen LogP contribution in [0.2, 0.25) is 0 Å². The second kappa shape index (κ2) is 11.0. The standard InChI is InChI=1S/C17H25N5O12S2/c1-19(2)36(30,31)20(3)18-11-17(34-27)15(23)14(33-35(4,28)29)9-21(17)16(24)32-10-12-5-7-13(8-6-12)22(25)26/h5-8,11,14-15,23,27H,9-10H2,1-4H3/t14-,15?,17+/m1/s1. The van der Waals surface area contributed by atoms with E-state index >= 15 is 0 Å². The lowest BCUT2D eigenvalue weighted by atomic mass is 10.1. The van der Waals surface area contributed by atoms with Crippen molar-refractivity contribution in [2.24, 2.45) is 5.10 Å². The monoisotopic (exact) mass is 555 g/mol. The smallest absolute Gasteiger partial charge is 0.412 e. The first-order valence-corrected chi connectivity index (χ1v) is 13.0. The Balaban J connectivity index is 2.37. The van der Waals surface area contributed by atoms with E-state index in [9.17, 15) is 42.1 Å². The number of non-ortho nitro benzene ring substituents is 1. The van der Waals surface area contributed by atoms with Crippen molar-refractivity contribution in [2.45, 2.75) is 24.5 Å². The molecule has 202 valence electrons. The van der Waals surface area contributed by atoms with E-state index in [2.05, 4.69) is 9.99 Å². The molecule has 1 aliphatic heterocycles. The fourth-order valence-electron chi connectivity index (χ4n) is 3.04. The molecule has 0 bridgehead atoms. The first kappa shape index (κ1) is 29.3. The highest BCUT2D eigenvalue weighted by molar-refractivity contribution is 7.86. The van der Waals surface area contributed by atoms with Gasteiger partial charge in [-0.1, -0.05) is 0 Å². The second-order valence-corrected chi connectivity index (χ2v) is 11.4. The molecule has 2 rings (SSSR count). The minimum Gasteiger partial charge on any atom is -0.444 e. The number of carbonyl (C=O) groups excluding carboxylic acids is 1. The summed E-state index contributed by atoms with van der Waals surface area (Å²) >= 11 is 0. The summed E-state index contributed by atoms with van der Waals surface area (Å²) in [5.41, 5.74) is -2.49. The molecule has 1 aliphatic rings. The van der Waals surface area contributed by atoms with Gasteiger partial charge in [0.05, 0.1) is 23.9 Å². The second-order valence-electron chi connectivity index (χ2n) is 7.68. The number of carbonyl (C=O) groups is 1. The van der Waals surface area contributed by atoms with Crippen molar-refractivity contribution in [1.82, 2.24) is 13.6 Å². The molecule has 1 saturated heterocycles. The van der Waals surface area contributed by atoms with Crippen molar-refractivity contribution in [3.8, 4) is 0 Å². The Morgan fingerprint density at radius 3 is 2.33 bits per heavy atom. The average molecular weight is 556 g/mol. The van der Waals surface area contributed by atoms with E-state index in [-0.39, 0.29) is 5.69 Å². The van der Waals surface area contributed by atoms with Gasteiger partial charge in [-0.15, -0.1) is 0 Å². The summed E-state index contributed by atoms with van der Waals surface area (Å²) in [5.74, 6) is 0. The first-order chi connectivity index (χ1) is 16.5. The summed E-state index contributed by atoms with van der Waals surface area (Å²) in [6.07, 6.45) is -3.75. The number of hydrazone groups is 1. The zero-order valence-corrected chi connectivity index (χ0v) is 21.1. The Bertz CT molecular complexity index is 1200. The molecule has 0 aromatic heterocycles. The fraction of sp³-hybridized carbons (Fsp3) is 0.529. The molecule has 1 aromatic carbocycles. The Morgan fingerprint density at radius 2 is 1.86 bits per heavy atom. The van der Waals surface area contributed by atoms with Gasteiger partial charge in [0, 0.05) is 33.3 Å². The van der Waals surface area contributed by atoms with Gasteiger partial charge in [0.15, 0.2) is 0 Å². The van der Waals surface area contributed by atoms with Crippen LogP contribution in [0.25, 0.3) is 0 Å². The van der Waals surface area contributed by atoms with E-state index in [4.69, 9.17) is 8.92 Å². The number of nitro benzene ring substituents is 1. The minimum atomic E-state index is -4.17. The number of likely N-dealkylation sites (tertiary alicyclic amines) is 1. The third-order valence-corrected chi connectivity index (χ3v) is 7.22. The zero-order valence-electron chi connectivity index (χ0n) is 19.5. The van der Waals surface area contributed by atoms with Gasteiger partial charge in [-0.3, -0.25) is 19.2 Å². The van der Waals surface area contributed by atoms with E-state index in [0.717, 1.165) is 11.4 Å². The van der Waals surface area contributed by atoms with Crippen molar-refractivity contribution in [1.29, 1.82) is 0 Å². The number of benzene rings is 1. The Morgan fingerprint density at radius 1 is 1.28 bits per heavy atom. The number of hydrogen-bond acceptors (Lipinski definition) is 13. The summed E-state index contributed by atoms with van der Waals surface area (Å²) in [6.45, 7) is -1.11. The van der Waals surface area contributed by atoms with Crippen molar-refractivity contribution in [3.63, 3.8) is 0 Å². The maximum Gasteiger partial charge on any atom is 0.412 e. The quantitative estimate of drug-likeness (QED) is 0.119. The average Bonchev–Trinajstić information content (AvgIpc) is 3.06. The molecule has 0 saturated carbocycles. The van der Waals surface area contributed by atoms with Gasteiger partial charge in [-0.25, -0.2) is 14.9 Å². The van der Waals surface area contributed by atoms with Gasteiger partial charge < -0.3 is 9.84 Å². The van der Waals surface area contributed by atoms with Crippen LogP contribution < -0.4 is 0 Å². The fourth-order valence-corrected chi connectivity index (χ4v) is 4.30. The topological polar surface area (TPSA) is 219 Å². The molecule has 17 nitrogen and oxygen atoms in total. The predicted octanol–water partition coefficient (Wildman–Crippen LogP) is -0.837. The Labute approximate surface area is 206 Å². The van der Waals surface area contributed by atoms with Gasteiger partial charge in [-0.05, 0) is 17.7 Å². The van der Waals surface area contributed by atoms with Crippen molar-refractivity contribution in [3.05, 3.63) is 39.9 Å². The first-order valence-electron chi connectivity index (χ1n) is 9.83. The molecule has 0 radical (unpaired) electrons. The summed E-state index contributed by atoms with van der Waals surface area (Å²) in [6, 6.07) is 4.98. The van der Waals surface area contributed by atoms with E-state index in [1.165, 1.54) is 38.4 Å². The zero-order chi connectivity index (χ0) is 27.5. The molecule has 1 unspecified atom stereocenters. The van der Waals surface area contributed by atoms with Crippen LogP contribution >= 0.6 is 0 Å². The number of nitrogens with zero attached hydrogens (tertiary/aromatic N) is 5. The lowest BCUT2D eigenvalue weighted by Crippen LogP contribution is -2.57.